The molecule has 2 heterocycles. The normalized spacial score (nSPS) is 11.6. The summed E-state index contributed by atoms with van der Waals surface area (Å²) in [7, 11) is -3.42. The summed E-state index contributed by atoms with van der Waals surface area (Å²) in [5, 5.41) is 6.81. The largest absolute Gasteiger partial charge is 0.382 e. The van der Waals surface area contributed by atoms with Crippen LogP contribution in [0.15, 0.2) is 15.8 Å². The van der Waals surface area contributed by atoms with Crippen LogP contribution in [0.2, 0.25) is 0 Å². The van der Waals surface area contributed by atoms with Crippen LogP contribution in [0.4, 0.5) is 10.8 Å². The Balaban J connectivity index is 2.22. The number of hydrogen-bond acceptors (Lipinski definition) is 9. The molecule has 0 saturated carbocycles. The molecule has 0 unspecified atom stereocenters. The maximum Gasteiger partial charge on any atom is 0.213 e. The Morgan fingerprint density at radius 3 is 2.94 bits per heavy atom. The molecule has 2 aromatic rings. The van der Waals surface area contributed by atoms with E-state index in [9.17, 15) is 8.42 Å². The summed E-state index contributed by atoms with van der Waals surface area (Å²) in [5.41, 5.74) is 5.51. The second-order valence-corrected chi connectivity index (χ2v) is 5.93. The van der Waals surface area contributed by atoms with Gasteiger partial charge in [-0.05, 0) is 11.5 Å². The van der Waals surface area contributed by atoms with Crippen molar-refractivity contribution in [3.8, 4) is 0 Å². The summed E-state index contributed by atoms with van der Waals surface area (Å²) in [6.45, 7) is 0.237. The molecule has 0 amide bonds. The number of hydrogen-bond donors (Lipinski definition) is 2. The predicted molar refractivity (Wildman–Crippen MR) is 61.3 cm³/mol. The predicted octanol–water partition coefficient (Wildman–Crippen LogP) is 0.124. The Morgan fingerprint density at radius 2 is 2.35 bits per heavy atom. The summed E-state index contributed by atoms with van der Waals surface area (Å²) in [4.78, 5) is 3.80. The van der Waals surface area contributed by atoms with E-state index in [-0.39, 0.29) is 17.3 Å². The van der Waals surface area contributed by atoms with Crippen LogP contribution in [0.1, 0.15) is 5.82 Å². The van der Waals surface area contributed by atoms with Crippen LogP contribution in [0.25, 0.3) is 0 Å². The van der Waals surface area contributed by atoms with Gasteiger partial charge in [-0.2, -0.15) is 9.36 Å². The van der Waals surface area contributed by atoms with Crippen molar-refractivity contribution in [1.29, 1.82) is 0 Å². The van der Waals surface area contributed by atoms with Gasteiger partial charge in [-0.15, -0.1) is 0 Å². The van der Waals surface area contributed by atoms with Crippen molar-refractivity contribution in [3.63, 3.8) is 0 Å². The van der Waals surface area contributed by atoms with Crippen molar-refractivity contribution in [1.82, 2.24) is 14.5 Å². The molecule has 0 bridgehead atoms. The Hall–Kier alpha value is -1.68. The van der Waals surface area contributed by atoms with E-state index >= 15 is 0 Å². The number of aromatic nitrogens is 3. The van der Waals surface area contributed by atoms with Gasteiger partial charge in [0.05, 0.1) is 6.54 Å². The van der Waals surface area contributed by atoms with Gasteiger partial charge in [0.25, 0.3) is 0 Å². The highest BCUT2D eigenvalue weighted by molar-refractivity contribution is 7.91. The Bertz CT molecular complexity index is 603. The van der Waals surface area contributed by atoms with E-state index in [0.29, 0.717) is 10.8 Å². The molecular formula is C7H9N5O3S2. The summed E-state index contributed by atoms with van der Waals surface area (Å²) >= 11 is 0.973. The molecule has 3 N–H and O–H groups in total. The first-order valence-electron chi connectivity index (χ1n) is 4.43. The molecule has 0 spiro atoms. The standard InChI is InChI=1S/C7H9N5O3S2/c1-17(13,14)5-6(8)12-16-7(5)9-2-4-10-3-15-11-4/h3,9H,2H2,1H3,(H2,8,12). The molecule has 2 aromatic heterocycles. The maximum absolute atomic E-state index is 11.5. The zero-order chi connectivity index (χ0) is 12.5. The van der Waals surface area contributed by atoms with Crippen molar-refractivity contribution in [2.75, 3.05) is 17.3 Å². The Labute approximate surface area is 101 Å². The number of anilines is 2. The van der Waals surface area contributed by atoms with E-state index in [1.54, 1.807) is 0 Å². The van der Waals surface area contributed by atoms with E-state index in [4.69, 9.17) is 5.73 Å². The maximum atomic E-state index is 11.5. The molecule has 8 nitrogen and oxygen atoms in total. The van der Waals surface area contributed by atoms with Gasteiger partial charge in [0.2, 0.25) is 6.39 Å². The monoisotopic (exact) mass is 275 g/mol. The lowest BCUT2D eigenvalue weighted by atomic mass is 10.5. The average Bonchev–Trinajstić information content (AvgIpc) is 2.82. The molecule has 2 rings (SSSR count). The quantitative estimate of drug-likeness (QED) is 0.806. The molecule has 17 heavy (non-hydrogen) atoms. The van der Waals surface area contributed by atoms with E-state index in [0.717, 1.165) is 17.8 Å². The fourth-order valence-corrected chi connectivity index (χ4v) is 3.26. The summed E-state index contributed by atoms with van der Waals surface area (Å²) in [5.74, 6) is 0.407. The zero-order valence-corrected chi connectivity index (χ0v) is 10.4. The number of nitrogens with one attached hydrogen (secondary N) is 1. The fourth-order valence-electron chi connectivity index (χ4n) is 1.19. The minimum atomic E-state index is -3.42. The first kappa shape index (κ1) is 11.8. The fraction of sp³-hybridized carbons (Fsp3) is 0.286. The lowest BCUT2D eigenvalue weighted by Crippen LogP contribution is -2.06. The van der Waals surface area contributed by atoms with Crippen molar-refractivity contribution < 1.29 is 12.9 Å². The van der Waals surface area contributed by atoms with Gasteiger partial charge in [-0.3, -0.25) is 0 Å². The van der Waals surface area contributed by atoms with Crippen molar-refractivity contribution in [2.24, 2.45) is 0 Å². The molecule has 0 atom stereocenters. The van der Waals surface area contributed by atoms with Gasteiger partial charge < -0.3 is 15.6 Å². The van der Waals surface area contributed by atoms with E-state index < -0.39 is 9.84 Å². The molecule has 0 aliphatic rings. The minimum absolute atomic E-state index is 0.00555. The topological polar surface area (TPSA) is 124 Å². The van der Waals surface area contributed by atoms with Crippen LogP contribution in [-0.2, 0) is 16.4 Å². The Morgan fingerprint density at radius 1 is 1.59 bits per heavy atom. The molecule has 10 heteroatoms. The van der Waals surface area contributed by atoms with E-state index in [1.807, 2.05) is 0 Å². The number of nitrogens with zero attached hydrogens (tertiary/aromatic N) is 3. The highest BCUT2D eigenvalue weighted by Crippen LogP contribution is 2.31. The molecule has 0 aliphatic carbocycles. The lowest BCUT2D eigenvalue weighted by Gasteiger charge is -2.02. The highest BCUT2D eigenvalue weighted by atomic mass is 32.2. The zero-order valence-electron chi connectivity index (χ0n) is 8.74. The Kier molecular flexibility index (Phi) is 2.98. The lowest BCUT2D eigenvalue weighted by molar-refractivity contribution is 0.411. The first-order valence-corrected chi connectivity index (χ1v) is 7.09. The van der Waals surface area contributed by atoms with Crippen LogP contribution in [0, 0.1) is 0 Å². The van der Waals surface area contributed by atoms with Gasteiger partial charge in [0.1, 0.15) is 9.90 Å². The second-order valence-electron chi connectivity index (χ2n) is 3.20. The van der Waals surface area contributed by atoms with E-state index in [2.05, 4.69) is 24.4 Å². The van der Waals surface area contributed by atoms with Crippen LogP contribution < -0.4 is 11.1 Å². The van der Waals surface area contributed by atoms with Gasteiger partial charge in [0.15, 0.2) is 21.5 Å². The van der Waals surface area contributed by atoms with Gasteiger partial charge in [-0.25, -0.2) is 8.42 Å². The third-order valence-electron chi connectivity index (χ3n) is 1.86. The first-order chi connectivity index (χ1) is 7.98. The minimum Gasteiger partial charge on any atom is -0.382 e. The van der Waals surface area contributed by atoms with Gasteiger partial charge in [0, 0.05) is 6.26 Å². The molecule has 0 aliphatic heterocycles. The van der Waals surface area contributed by atoms with Crippen molar-refractivity contribution in [3.05, 3.63) is 12.2 Å². The van der Waals surface area contributed by atoms with Crippen molar-refractivity contribution in [2.45, 2.75) is 11.4 Å². The molecule has 0 saturated heterocycles. The van der Waals surface area contributed by atoms with Gasteiger partial charge in [-0.1, -0.05) is 5.16 Å². The van der Waals surface area contributed by atoms with Crippen LogP contribution in [-0.4, -0.2) is 29.2 Å². The number of nitrogens with two attached hydrogens (primary N) is 1. The third-order valence-corrected chi connectivity index (χ3v) is 3.96. The summed E-state index contributed by atoms with van der Waals surface area (Å²) in [6, 6.07) is 0. The molecular weight excluding hydrogens is 266 g/mol. The van der Waals surface area contributed by atoms with Crippen LogP contribution in [0.5, 0.6) is 0 Å². The summed E-state index contributed by atoms with van der Waals surface area (Å²) in [6.07, 6.45) is 2.27. The van der Waals surface area contributed by atoms with Crippen molar-refractivity contribution >= 4 is 32.2 Å². The third kappa shape index (κ3) is 2.53. The smallest absolute Gasteiger partial charge is 0.213 e. The number of sulfone groups is 1. The second kappa shape index (κ2) is 4.30. The van der Waals surface area contributed by atoms with Gasteiger partial charge >= 0.3 is 0 Å². The van der Waals surface area contributed by atoms with Crippen LogP contribution >= 0.6 is 11.5 Å². The molecule has 0 aromatic carbocycles. The molecule has 0 fully saturated rings. The summed E-state index contributed by atoms with van der Waals surface area (Å²) < 4.78 is 31.3. The highest BCUT2D eigenvalue weighted by Gasteiger charge is 2.21. The van der Waals surface area contributed by atoms with E-state index in [1.165, 1.54) is 6.39 Å². The average molecular weight is 275 g/mol. The number of nitrogen functional groups attached to an aromatic ring is 1. The molecule has 0 radical (unpaired) electrons. The number of rotatable bonds is 4. The molecule has 92 valence electrons. The van der Waals surface area contributed by atoms with Crippen LogP contribution in [0.3, 0.4) is 0 Å². The SMILES string of the molecule is CS(=O)(=O)c1c(N)nsc1NCc1ncon1.